The Kier molecular flexibility index (Phi) is 4.23. The Hall–Kier alpha value is -0.300. The van der Waals surface area contributed by atoms with Crippen LogP contribution >= 0.6 is 23.2 Å². The highest BCUT2D eigenvalue weighted by Crippen LogP contribution is 2.18. The molecule has 1 aromatic rings. The molecule has 5 nitrogen and oxygen atoms in total. The summed E-state index contributed by atoms with van der Waals surface area (Å²) in [6.07, 6.45) is 0. The van der Waals surface area contributed by atoms with Crippen LogP contribution in [-0.2, 0) is 17.1 Å². The monoisotopic (exact) mass is 285 g/mol. The predicted molar refractivity (Wildman–Crippen MR) is 63.4 cm³/mol. The Morgan fingerprint density at radius 1 is 1.44 bits per heavy atom. The molecule has 0 aliphatic carbocycles. The first-order valence-corrected chi connectivity index (χ1v) is 6.89. The van der Waals surface area contributed by atoms with E-state index < -0.39 is 14.9 Å². The molecule has 0 aliphatic rings. The van der Waals surface area contributed by atoms with Crippen molar-refractivity contribution in [1.29, 1.82) is 0 Å². The number of nitrogens with one attached hydrogen (secondary N) is 1. The van der Waals surface area contributed by atoms with Crippen molar-refractivity contribution >= 4 is 33.2 Å². The third-order valence-electron chi connectivity index (χ3n) is 2.14. The van der Waals surface area contributed by atoms with Gasteiger partial charge in [0.15, 0.2) is 0 Å². The van der Waals surface area contributed by atoms with Crippen LogP contribution < -0.4 is 4.72 Å². The molecule has 0 unspecified atom stereocenters. The van der Waals surface area contributed by atoms with Gasteiger partial charge in [0, 0.05) is 13.6 Å². The Morgan fingerprint density at radius 2 is 2.00 bits per heavy atom. The number of rotatable bonds is 4. The minimum atomic E-state index is -3.60. The molecule has 16 heavy (non-hydrogen) atoms. The van der Waals surface area contributed by atoms with Crippen LogP contribution in [0.25, 0.3) is 0 Å². The summed E-state index contributed by atoms with van der Waals surface area (Å²) in [5.41, 5.74) is 1.03. The molecule has 92 valence electrons. The van der Waals surface area contributed by atoms with Gasteiger partial charge < -0.3 is 0 Å². The number of hydrogen-bond donors (Lipinski definition) is 1. The smallest absolute Gasteiger partial charge is 0.244 e. The molecule has 0 atom stereocenters. The normalized spacial score (nSPS) is 12.4. The fraction of sp³-hybridized carbons (Fsp3) is 0.625. The first-order chi connectivity index (χ1) is 7.25. The second kappa shape index (κ2) is 4.91. The second-order valence-corrected chi connectivity index (χ2v) is 6.35. The van der Waals surface area contributed by atoms with Gasteiger partial charge in [0.05, 0.1) is 11.4 Å². The van der Waals surface area contributed by atoms with E-state index in [0.717, 1.165) is 0 Å². The maximum atomic E-state index is 11.9. The lowest BCUT2D eigenvalue weighted by Gasteiger charge is -2.07. The van der Waals surface area contributed by atoms with Gasteiger partial charge in [0.2, 0.25) is 10.0 Å². The number of aromatic nitrogens is 2. The van der Waals surface area contributed by atoms with Crippen LogP contribution in [0.5, 0.6) is 0 Å². The van der Waals surface area contributed by atoms with E-state index in [2.05, 4.69) is 9.82 Å². The van der Waals surface area contributed by atoms with Crippen molar-refractivity contribution in [3.05, 3.63) is 11.4 Å². The lowest BCUT2D eigenvalue weighted by molar-refractivity contribution is 0.581. The van der Waals surface area contributed by atoms with Crippen LogP contribution in [0.3, 0.4) is 0 Å². The topological polar surface area (TPSA) is 64.0 Å². The van der Waals surface area contributed by atoms with Crippen molar-refractivity contribution in [3.8, 4) is 0 Å². The summed E-state index contributed by atoms with van der Waals surface area (Å²) in [6, 6.07) is 0. The second-order valence-electron chi connectivity index (χ2n) is 3.37. The Bertz CT molecular complexity index is 482. The molecule has 0 aromatic carbocycles. The van der Waals surface area contributed by atoms with Gasteiger partial charge in [-0.1, -0.05) is 0 Å². The van der Waals surface area contributed by atoms with Crippen LogP contribution in [0.1, 0.15) is 11.4 Å². The first kappa shape index (κ1) is 13.8. The van der Waals surface area contributed by atoms with Crippen molar-refractivity contribution in [2.45, 2.75) is 23.6 Å². The number of alkyl halides is 2. The summed E-state index contributed by atoms with van der Waals surface area (Å²) < 4.78 is 27.7. The van der Waals surface area contributed by atoms with Crippen LogP contribution in [0, 0.1) is 13.8 Å². The third kappa shape index (κ3) is 2.88. The molecule has 8 heteroatoms. The van der Waals surface area contributed by atoms with Crippen molar-refractivity contribution in [2.24, 2.45) is 7.05 Å². The van der Waals surface area contributed by atoms with Crippen LogP contribution in [0.4, 0.5) is 0 Å². The summed E-state index contributed by atoms with van der Waals surface area (Å²) in [6.45, 7) is 3.30. The molecular weight excluding hydrogens is 273 g/mol. The molecule has 1 rings (SSSR count). The molecule has 0 bridgehead atoms. The number of sulfonamides is 1. The Labute approximate surface area is 105 Å². The van der Waals surface area contributed by atoms with Crippen molar-refractivity contribution in [2.75, 3.05) is 6.54 Å². The number of hydrogen-bond acceptors (Lipinski definition) is 3. The van der Waals surface area contributed by atoms with Crippen LogP contribution in [0.15, 0.2) is 4.90 Å². The molecule has 0 spiro atoms. The largest absolute Gasteiger partial charge is 0.271 e. The van der Waals surface area contributed by atoms with Gasteiger partial charge in [-0.15, -0.1) is 23.2 Å². The minimum Gasteiger partial charge on any atom is -0.271 e. The average molecular weight is 286 g/mol. The predicted octanol–water partition coefficient (Wildman–Crippen LogP) is 1.12. The molecule has 0 aliphatic heterocycles. The van der Waals surface area contributed by atoms with E-state index in [0.29, 0.717) is 11.4 Å². The molecular formula is C8H13Cl2N3O2S. The molecule has 1 heterocycles. The number of halogens is 2. The third-order valence-corrected chi connectivity index (χ3v) is 4.12. The zero-order chi connectivity index (χ0) is 12.5. The molecule has 0 fully saturated rings. The van der Waals surface area contributed by atoms with Crippen molar-refractivity contribution in [1.82, 2.24) is 14.5 Å². The summed E-state index contributed by atoms with van der Waals surface area (Å²) in [5, 5.41) is 4.04. The average Bonchev–Trinajstić information content (AvgIpc) is 2.38. The van der Waals surface area contributed by atoms with Crippen LogP contribution in [-0.4, -0.2) is 29.6 Å². The van der Waals surface area contributed by atoms with E-state index in [-0.39, 0.29) is 11.4 Å². The van der Waals surface area contributed by atoms with Gasteiger partial charge in [-0.25, -0.2) is 13.1 Å². The van der Waals surface area contributed by atoms with Gasteiger partial charge in [-0.2, -0.15) is 5.10 Å². The standard InChI is InChI=1S/C8H13Cl2N3O2S/c1-5-8(6(2)13(3)12-5)16(14,15)11-4-7(9)10/h7,11H,4H2,1-3H3. The highest BCUT2D eigenvalue weighted by molar-refractivity contribution is 7.89. The van der Waals surface area contributed by atoms with Crippen molar-refractivity contribution in [3.63, 3.8) is 0 Å². The molecule has 0 amide bonds. The van der Waals surface area contributed by atoms with E-state index in [1.807, 2.05) is 0 Å². The highest BCUT2D eigenvalue weighted by Gasteiger charge is 2.23. The number of nitrogens with zero attached hydrogens (tertiary/aromatic N) is 2. The maximum Gasteiger partial charge on any atom is 0.244 e. The van der Waals surface area contributed by atoms with E-state index in [9.17, 15) is 8.42 Å². The zero-order valence-corrected chi connectivity index (χ0v) is 11.5. The minimum absolute atomic E-state index is 0.0286. The SMILES string of the molecule is Cc1nn(C)c(C)c1S(=O)(=O)NCC(Cl)Cl. The molecule has 0 saturated carbocycles. The summed E-state index contributed by atoms with van der Waals surface area (Å²) in [7, 11) is -1.91. The van der Waals surface area contributed by atoms with Crippen LogP contribution in [0.2, 0.25) is 0 Å². The summed E-state index contributed by atoms with van der Waals surface area (Å²) in [4.78, 5) is -0.587. The van der Waals surface area contributed by atoms with Gasteiger partial charge in [0.25, 0.3) is 0 Å². The quantitative estimate of drug-likeness (QED) is 0.844. The molecule has 0 saturated heterocycles. The first-order valence-electron chi connectivity index (χ1n) is 4.53. The summed E-state index contributed by atoms with van der Waals surface area (Å²) >= 11 is 10.9. The highest BCUT2D eigenvalue weighted by atomic mass is 35.5. The lowest BCUT2D eigenvalue weighted by Crippen LogP contribution is -2.28. The summed E-state index contributed by atoms with van der Waals surface area (Å²) in [5.74, 6) is 0. The maximum absolute atomic E-state index is 11.9. The zero-order valence-electron chi connectivity index (χ0n) is 9.16. The van der Waals surface area contributed by atoms with E-state index in [1.165, 1.54) is 4.68 Å². The van der Waals surface area contributed by atoms with Gasteiger partial charge >= 0.3 is 0 Å². The fourth-order valence-electron chi connectivity index (χ4n) is 1.39. The van der Waals surface area contributed by atoms with Gasteiger partial charge in [-0.3, -0.25) is 4.68 Å². The molecule has 1 aromatic heterocycles. The molecule has 0 radical (unpaired) electrons. The van der Waals surface area contributed by atoms with Gasteiger partial charge in [-0.05, 0) is 13.8 Å². The van der Waals surface area contributed by atoms with E-state index >= 15 is 0 Å². The van der Waals surface area contributed by atoms with E-state index in [1.54, 1.807) is 20.9 Å². The number of aryl methyl sites for hydroxylation is 2. The van der Waals surface area contributed by atoms with E-state index in [4.69, 9.17) is 23.2 Å². The fourth-order valence-corrected chi connectivity index (χ4v) is 3.21. The Morgan fingerprint density at radius 3 is 2.38 bits per heavy atom. The van der Waals surface area contributed by atoms with Crippen molar-refractivity contribution < 1.29 is 8.42 Å². The lowest BCUT2D eigenvalue weighted by atomic mass is 10.4. The van der Waals surface area contributed by atoms with Gasteiger partial charge in [0.1, 0.15) is 9.73 Å². The Balaban J connectivity index is 3.08. The molecule has 1 N–H and O–H groups in total.